The normalized spacial score (nSPS) is 19.2. The molecule has 2 aliphatic rings. The molecule has 0 bridgehead atoms. The average molecular weight is 485 g/mol. The van der Waals surface area contributed by atoms with Crippen LogP contribution >= 0.6 is 24.0 Å². The van der Waals surface area contributed by atoms with E-state index in [-0.39, 0.29) is 11.5 Å². The van der Waals surface area contributed by atoms with Crippen molar-refractivity contribution in [2.24, 2.45) is 5.92 Å². The maximum Gasteiger partial charge on any atom is 0.267 e. The van der Waals surface area contributed by atoms with E-state index < -0.39 is 0 Å². The number of fused-ring (bicyclic) bond motifs is 1. The maximum atomic E-state index is 13.5. The van der Waals surface area contributed by atoms with Gasteiger partial charge in [-0.25, -0.2) is 4.98 Å². The number of aromatic nitrogens is 2. The van der Waals surface area contributed by atoms with Crippen LogP contribution < -0.4 is 10.5 Å². The number of anilines is 1. The molecule has 2 saturated heterocycles. The predicted molar refractivity (Wildman–Crippen MR) is 141 cm³/mol. The third kappa shape index (κ3) is 5.17. The number of hydrogen-bond donors (Lipinski definition) is 0. The van der Waals surface area contributed by atoms with Crippen molar-refractivity contribution in [1.29, 1.82) is 0 Å². The first-order chi connectivity index (χ1) is 16.0. The molecular formula is C25H32N4O2S2. The van der Waals surface area contributed by atoms with E-state index in [1.54, 1.807) is 21.6 Å². The van der Waals surface area contributed by atoms with Crippen LogP contribution in [-0.4, -0.2) is 44.1 Å². The quantitative estimate of drug-likeness (QED) is 0.384. The second-order valence-corrected chi connectivity index (χ2v) is 10.5. The average Bonchev–Trinajstić information content (AvgIpc) is 3.11. The second-order valence-electron chi connectivity index (χ2n) is 8.84. The van der Waals surface area contributed by atoms with Gasteiger partial charge in [0, 0.05) is 25.8 Å². The summed E-state index contributed by atoms with van der Waals surface area (Å²) in [6.07, 6.45) is 11.2. The monoisotopic (exact) mass is 484 g/mol. The van der Waals surface area contributed by atoms with Gasteiger partial charge in [-0.05, 0) is 49.8 Å². The van der Waals surface area contributed by atoms with Crippen LogP contribution in [0.1, 0.15) is 64.4 Å². The minimum Gasteiger partial charge on any atom is -0.356 e. The summed E-state index contributed by atoms with van der Waals surface area (Å²) in [6, 6.07) is 5.55. The molecule has 6 nitrogen and oxygen atoms in total. The van der Waals surface area contributed by atoms with Gasteiger partial charge in [0.25, 0.3) is 11.5 Å². The molecule has 4 heterocycles. The van der Waals surface area contributed by atoms with Gasteiger partial charge in [-0.1, -0.05) is 63.2 Å². The lowest BCUT2D eigenvalue weighted by molar-refractivity contribution is -0.122. The molecule has 4 rings (SSSR count). The van der Waals surface area contributed by atoms with E-state index in [9.17, 15) is 9.59 Å². The van der Waals surface area contributed by atoms with Crippen molar-refractivity contribution in [3.8, 4) is 0 Å². The van der Waals surface area contributed by atoms with Crippen molar-refractivity contribution < 1.29 is 4.79 Å². The highest BCUT2D eigenvalue weighted by Crippen LogP contribution is 2.35. The summed E-state index contributed by atoms with van der Waals surface area (Å²) in [4.78, 5) is 36.0. The van der Waals surface area contributed by atoms with Gasteiger partial charge in [0.2, 0.25) is 0 Å². The SMILES string of the molecule is CCCCC(CC)CN1C(=O)/C(=C\c2c(N3CCCCC3)nc3ccccn3c2=O)SC1=S. The second kappa shape index (κ2) is 10.8. The fourth-order valence-electron chi connectivity index (χ4n) is 4.53. The van der Waals surface area contributed by atoms with Crippen LogP contribution in [0.5, 0.6) is 0 Å². The number of pyridine rings is 1. The van der Waals surface area contributed by atoms with Crippen molar-refractivity contribution in [1.82, 2.24) is 14.3 Å². The van der Waals surface area contributed by atoms with Crippen molar-refractivity contribution in [3.63, 3.8) is 0 Å². The van der Waals surface area contributed by atoms with Crippen LogP contribution in [0.15, 0.2) is 34.1 Å². The molecule has 2 aromatic rings. The first-order valence-corrected chi connectivity index (χ1v) is 13.3. The number of hydrogen-bond acceptors (Lipinski definition) is 6. The Morgan fingerprint density at radius 1 is 1.18 bits per heavy atom. The molecule has 0 saturated carbocycles. The maximum absolute atomic E-state index is 13.5. The van der Waals surface area contributed by atoms with Gasteiger partial charge in [-0.2, -0.15) is 0 Å². The Kier molecular flexibility index (Phi) is 7.86. The number of piperidine rings is 1. The third-order valence-corrected chi connectivity index (χ3v) is 7.92. The smallest absolute Gasteiger partial charge is 0.267 e. The Bertz CT molecular complexity index is 1120. The van der Waals surface area contributed by atoms with Crippen LogP contribution in [0.25, 0.3) is 11.7 Å². The van der Waals surface area contributed by atoms with Crippen LogP contribution in [0.2, 0.25) is 0 Å². The molecule has 0 spiro atoms. The number of nitrogens with zero attached hydrogens (tertiary/aromatic N) is 4. The molecule has 2 aromatic heterocycles. The first-order valence-electron chi connectivity index (χ1n) is 12.0. The van der Waals surface area contributed by atoms with Crippen LogP contribution in [0.3, 0.4) is 0 Å². The number of thiocarbonyl (C=S) groups is 1. The molecule has 33 heavy (non-hydrogen) atoms. The van der Waals surface area contributed by atoms with E-state index in [0.717, 1.165) is 51.6 Å². The van der Waals surface area contributed by atoms with E-state index in [1.807, 2.05) is 18.2 Å². The van der Waals surface area contributed by atoms with Crippen molar-refractivity contribution in [3.05, 3.63) is 45.2 Å². The molecule has 176 valence electrons. The van der Waals surface area contributed by atoms with E-state index in [0.29, 0.717) is 38.7 Å². The van der Waals surface area contributed by atoms with Gasteiger partial charge < -0.3 is 4.90 Å². The minimum atomic E-state index is -0.152. The van der Waals surface area contributed by atoms with E-state index in [2.05, 4.69) is 18.7 Å². The molecule has 2 fully saturated rings. The highest BCUT2D eigenvalue weighted by Gasteiger charge is 2.34. The van der Waals surface area contributed by atoms with E-state index in [4.69, 9.17) is 17.2 Å². The lowest BCUT2D eigenvalue weighted by Crippen LogP contribution is -2.34. The number of unbranched alkanes of at least 4 members (excludes halogenated alkanes) is 1. The highest BCUT2D eigenvalue weighted by atomic mass is 32.2. The summed E-state index contributed by atoms with van der Waals surface area (Å²) in [5, 5.41) is 0. The molecule has 0 radical (unpaired) electrons. The molecule has 1 amide bonds. The van der Waals surface area contributed by atoms with Gasteiger partial charge in [0.1, 0.15) is 15.8 Å². The summed E-state index contributed by atoms with van der Waals surface area (Å²) in [5.41, 5.74) is 0.939. The van der Waals surface area contributed by atoms with Crippen molar-refractivity contribution >= 4 is 51.7 Å². The Balaban J connectivity index is 1.70. The molecule has 0 N–H and O–H groups in total. The zero-order chi connectivity index (χ0) is 23.4. The zero-order valence-corrected chi connectivity index (χ0v) is 21.1. The summed E-state index contributed by atoms with van der Waals surface area (Å²) in [7, 11) is 0. The van der Waals surface area contributed by atoms with Crippen molar-refractivity contribution in [2.75, 3.05) is 24.5 Å². The van der Waals surface area contributed by atoms with Crippen LogP contribution in [0, 0.1) is 5.92 Å². The molecule has 0 aromatic carbocycles. The van der Waals surface area contributed by atoms with Gasteiger partial charge in [-0.15, -0.1) is 0 Å². The van der Waals surface area contributed by atoms with Gasteiger partial charge >= 0.3 is 0 Å². The molecule has 0 aliphatic carbocycles. The molecule has 2 aliphatic heterocycles. The molecular weight excluding hydrogens is 452 g/mol. The lowest BCUT2D eigenvalue weighted by Gasteiger charge is -2.29. The summed E-state index contributed by atoms with van der Waals surface area (Å²) in [6.45, 7) is 6.73. The number of rotatable bonds is 8. The van der Waals surface area contributed by atoms with E-state index >= 15 is 0 Å². The Labute approximate surface area is 205 Å². The fraction of sp³-hybridized carbons (Fsp3) is 0.520. The fourth-order valence-corrected chi connectivity index (χ4v) is 5.78. The number of carbonyl (C=O) groups excluding carboxylic acids is 1. The summed E-state index contributed by atoms with van der Waals surface area (Å²) >= 11 is 6.87. The largest absolute Gasteiger partial charge is 0.356 e. The predicted octanol–water partition coefficient (Wildman–Crippen LogP) is 5.10. The van der Waals surface area contributed by atoms with Gasteiger partial charge in [0.15, 0.2) is 0 Å². The highest BCUT2D eigenvalue weighted by molar-refractivity contribution is 8.26. The molecule has 1 unspecified atom stereocenters. The number of carbonyl (C=O) groups is 1. The minimum absolute atomic E-state index is 0.0953. The Morgan fingerprint density at radius 2 is 1.97 bits per heavy atom. The summed E-state index contributed by atoms with van der Waals surface area (Å²) in [5.74, 6) is 1.01. The number of thioether (sulfide) groups is 1. The lowest BCUT2D eigenvalue weighted by atomic mass is 9.99. The zero-order valence-electron chi connectivity index (χ0n) is 19.5. The van der Waals surface area contributed by atoms with Crippen LogP contribution in [0.4, 0.5) is 5.82 Å². The van der Waals surface area contributed by atoms with Crippen molar-refractivity contribution in [2.45, 2.75) is 58.8 Å². The number of amides is 1. The van der Waals surface area contributed by atoms with E-state index in [1.165, 1.54) is 18.2 Å². The first kappa shape index (κ1) is 24.0. The summed E-state index contributed by atoms with van der Waals surface area (Å²) < 4.78 is 2.13. The topological polar surface area (TPSA) is 57.9 Å². The molecule has 8 heteroatoms. The van der Waals surface area contributed by atoms with Crippen LogP contribution in [-0.2, 0) is 4.79 Å². The third-order valence-electron chi connectivity index (χ3n) is 6.54. The Hall–Kier alpha value is -2.19. The van der Waals surface area contributed by atoms with Gasteiger partial charge in [0.05, 0.1) is 10.5 Å². The van der Waals surface area contributed by atoms with Gasteiger partial charge in [-0.3, -0.25) is 18.9 Å². The molecule has 1 atom stereocenters. The standard InChI is InChI=1S/C25H32N4O2S2/c1-3-5-11-18(4-2)17-29-24(31)20(33-25(29)32)16-19-22(27-13-8-6-9-14-27)26-21-12-7-10-15-28(21)23(19)30/h7,10,12,15-16,18H,3-6,8-9,11,13-14,17H2,1-2H3/b20-16+. The Morgan fingerprint density at radius 3 is 2.70 bits per heavy atom.